The highest BCUT2D eigenvalue weighted by Crippen LogP contribution is 2.31. The van der Waals surface area contributed by atoms with Gasteiger partial charge in [0, 0.05) is 51.0 Å². The van der Waals surface area contributed by atoms with Gasteiger partial charge in [0.25, 0.3) is 0 Å². The summed E-state index contributed by atoms with van der Waals surface area (Å²) < 4.78 is 0. The first-order valence-corrected chi connectivity index (χ1v) is 10.3. The van der Waals surface area contributed by atoms with Crippen LogP contribution in [-0.2, 0) is 11.3 Å². The van der Waals surface area contributed by atoms with Gasteiger partial charge >= 0.3 is 0 Å². The van der Waals surface area contributed by atoms with Gasteiger partial charge in [-0.2, -0.15) is 0 Å². The Balaban J connectivity index is 1.33. The lowest BCUT2D eigenvalue weighted by Crippen LogP contribution is -2.41. The van der Waals surface area contributed by atoms with Crippen molar-refractivity contribution in [3.8, 4) is 0 Å². The fourth-order valence-electron chi connectivity index (χ4n) is 4.11. The van der Waals surface area contributed by atoms with Crippen LogP contribution in [0, 0.1) is 5.92 Å². The highest BCUT2D eigenvalue weighted by molar-refractivity contribution is 5.79. The molecule has 4 heterocycles. The Morgan fingerprint density at radius 2 is 1.86 bits per heavy atom. The number of carbonyl (C=O) groups excluding carboxylic acids is 1. The number of carbonyl (C=O) groups is 1. The number of hydrogen-bond donors (Lipinski definition) is 1. The van der Waals surface area contributed by atoms with Gasteiger partial charge in [-0.3, -0.25) is 9.78 Å². The van der Waals surface area contributed by atoms with Gasteiger partial charge in [-0.25, -0.2) is 9.97 Å². The average molecular weight is 380 g/mol. The molecular formula is C21H28N6O. The SMILES string of the molecule is O=C(NCc1cccnc1)C1CCN(c2cncnc2N2CCCCC2)CC1. The van der Waals surface area contributed by atoms with Gasteiger partial charge in [0.2, 0.25) is 5.91 Å². The molecule has 7 heteroatoms. The summed E-state index contributed by atoms with van der Waals surface area (Å²) in [4.78, 5) is 30.2. The molecule has 2 aliphatic rings. The lowest BCUT2D eigenvalue weighted by Gasteiger charge is -2.36. The Kier molecular flexibility index (Phi) is 5.99. The maximum absolute atomic E-state index is 12.5. The Morgan fingerprint density at radius 1 is 1.04 bits per heavy atom. The van der Waals surface area contributed by atoms with Crippen LogP contribution in [0.5, 0.6) is 0 Å². The van der Waals surface area contributed by atoms with Gasteiger partial charge in [0.1, 0.15) is 6.33 Å². The molecule has 0 saturated carbocycles. The number of aromatic nitrogens is 3. The van der Waals surface area contributed by atoms with Crippen molar-refractivity contribution in [1.29, 1.82) is 0 Å². The lowest BCUT2D eigenvalue weighted by molar-refractivity contribution is -0.125. The van der Waals surface area contributed by atoms with Crippen molar-refractivity contribution < 1.29 is 4.79 Å². The number of rotatable bonds is 5. The number of hydrogen-bond acceptors (Lipinski definition) is 6. The third kappa shape index (κ3) is 4.40. The maximum Gasteiger partial charge on any atom is 0.223 e. The molecule has 0 aliphatic carbocycles. The summed E-state index contributed by atoms with van der Waals surface area (Å²) in [6.07, 6.45) is 12.6. The minimum atomic E-state index is 0.0657. The summed E-state index contributed by atoms with van der Waals surface area (Å²) >= 11 is 0. The normalized spacial score (nSPS) is 18.1. The zero-order valence-corrected chi connectivity index (χ0v) is 16.3. The van der Waals surface area contributed by atoms with Gasteiger partial charge in [0.05, 0.1) is 11.9 Å². The Labute approximate surface area is 166 Å². The van der Waals surface area contributed by atoms with Crippen molar-refractivity contribution >= 4 is 17.4 Å². The molecule has 0 atom stereocenters. The Hall–Kier alpha value is -2.70. The van der Waals surface area contributed by atoms with Crippen molar-refractivity contribution in [2.45, 2.75) is 38.6 Å². The van der Waals surface area contributed by atoms with Crippen molar-refractivity contribution in [3.05, 3.63) is 42.6 Å². The first-order valence-electron chi connectivity index (χ1n) is 10.3. The van der Waals surface area contributed by atoms with Crippen LogP contribution in [0.15, 0.2) is 37.1 Å². The highest BCUT2D eigenvalue weighted by atomic mass is 16.1. The molecule has 0 unspecified atom stereocenters. The summed E-state index contributed by atoms with van der Waals surface area (Å²) in [5, 5.41) is 3.06. The molecule has 0 radical (unpaired) electrons. The van der Waals surface area contributed by atoms with Gasteiger partial charge in [-0.05, 0) is 43.7 Å². The molecule has 2 fully saturated rings. The van der Waals surface area contributed by atoms with Crippen LogP contribution in [0.25, 0.3) is 0 Å². The predicted molar refractivity (Wildman–Crippen MR) is 109 cm³/mol. The molecule has 0 spiro atoms. The number of nitrogens with one attached hydrogen (secondary N) is 1. The molecule has 28 heavy (non-hydrogen) atoms. The van der Waals surface area contributed by atoms with E-state index in [-0.39, 0.29) is 11.8 Å². The fourth-order valence-corrected chi connectivity index (χ4v) is 4.11. The molecule has 2 aliphatic heterocycles. The molecule has 2 aromatic heterocycles. The lowest BCUT2D eigenvalue weighted by atomic mass is 9.95. The molecule has 7 nitrogen and oxygen atoms in total. The molecule has 0 bridgehead atoms. The van der Waals surface area contributed by atoms with E-state index >= 15 is 0 Å². The third-order valence-corrected chi connectivity index (χ3v) is 5.72. The zero-order valence-electron chi connectivity index (χ0n) is 16.3. The molecule has 1 N–H and O–H groups in total. The summed E-state index contributed by atoms with van der Waals surface area (Å²) in [6, 6.07) is 3.87. The average Bonchev–Trinajstić information content (AvgIpc) is 2.79. The molecule has 148 valence electrons. The topological polar surface area (TPSA) is 74.2 Å². The molecule has 0 aromatic carbocycles. The zero-order chi connectivity index (χ0) is 19.2. The maximum atomic E-state index is 12.5. The third-order valence-electron chi connectivity index (χ3n) is 5.72. The second-order valence-electron chi connectivity index (χ2n) is 7.62. The quantitative estimate of drug-likeness (QED) is 0.859. The van der Waals surface area contributed by atoms with Crippen LogP contribution < -0.4 is 15.1 Å². The molecule has 2 aromatic rings. The van der Waals surface area contributed by atoms with Gasteiger partial charge in [0.15, 0.2) is 5.82 Å². The van der Waals surface area contributed by atoms with Crippen LogP contribution in [0.3, 0.4) is 0 Å². The van der Waals surface area contributed by atoms with Crippen LogP contribution in [0.2, 0.25) is 0 Å². The van der Waals surface area contributed by atoms with E-state index in [4.69, 9.17) is 0 Å². The number of amides is 1. The summed E-state index contributed by atoms with van der Waals surface area (Å²) in [7, 11) is 0. The number of nitrogens with zero attached hydrogens (tertiary/aromatic N) is 5. The van der Waals surface area contributed by atoms with E-state index in [1.54, 1.807) is 18.7 Å². The van der Waals surface area contributed by atoms with E-state index < -0.39 is 0 Å². The highest BCUT2D eigenvalue weighted by Gasteiger charge is 2.27. The van der Waals surface area contributed by atoms with Crippen LogP contribution in [0.1, 0.15) is 37.7 Å². The molecular weight excluding hydrogens is 352 g/mol. The second kappa shape index (κ2) is 8.99. The van der Waals surface area contributed by atoms with Crippen molar-refractivity contribution in [3.63, 3.8) is 0 Å². The second-order valence-corrected chi connectivity index (χ2v) is 7.62. The van der Waals surface area contributed by atoms with Crippen molar-refractivity contribution in [2.24, 2.45) is 5.92 Å². The van der Waals surface area contributed by atoms with E-state index in [0.29, 0.717) is 6.54 Å². The number of pyridine rings is 1. The van der Waals surface area contributed by atoms with Crippen LogP contribution >= 0.6 is 0 Å². The fraction of sp³-hybridized carbons (Fsp3) is 0.524. The molecule has 2 saturated heterocycles. The van der Waals surface area contributed by atoms with Gasteiger partial charge in [-0.15, -0.1) is 0 Å². The van der Waals surface area contributed by atoms with Gasteiger partial charge < -0.3 is 15.1 Å². The molecule has 1 amide bonds. The predicted octanol–water partition coefficient (Wildman–Crippen LogP) is 2.39. The Bertz CT molecular complexity index is 769. The summed E-state index contributed by atoms with van der Waals surface area (Å²) in [5.41, 5.74) is 2.14. The first-order chi connectivity index (χ1) is 13.8. The first kappa shape index (κ1) is 18.7. The monoisotopic (exact) mass is 380 g/mol. The largest absolute Gasteiger partial charge is 0.367 e. The Morgan fingerprint density at radius 3 is 2.61 bits per heavy atom. The minimum Gasteiger partial charge on any atom is -0.367 e. The van der Waals surface area contributed by atoms with Crippen LogP contribution in [0.4, 0.5) is 11.5 Å². The van der Waals surface area contributed by atoms with E-state index in [9.17, 15) is 4.79 Å². The van der Waals surface area contributed by atoms with Crippen molar-refractivity contribution in [2.75, 3.05) is 36.0 Å². The van der Waals surface area contributed by atoms with E-state index in [1.807, 2.05) is 18.3 Å². The summed E-state index contributed by atoms with van der Waals surface area (Å²) in [6.45, 7) is 4.39. The van der Waals surface area contributed by atoms with E-state index in [0.717, 1.165) is 56.1 Å². The van der Waals surface area contributed by atoms with Crippen LogP contribution in [-0.4, -0.2) is 47.0 Å². The number of piperidine rings is 2. The molecule has 4 rings (SSSR count). The van der Waals surface area contributed by atoms with E-state index in [1.165, 1.54) is 19.3 Å². The standard InChI is InChI=1S/C21H28N6O/c28-21(24-14-17-5-4-8-22-13-17)18-6-11-26(12-7-18)19-15-23-16-25-20(19)27-9-2-1-3-10-27/h4-5,8,13,15-16,18H,1-3,6-7,9-12,14H2,(H,24,28). The summed E-state index contributed by atoms with van der Waals surface area (Å²) in [5.74, 6) is 1.26. The number of anilines is 2. The smallest absolute Gasteiger partial charge is 0.223 e. The van der Waals surface area contributed by atoms with Crippen molar-refractivity contribution in [1.82, 2.24) is 20.3 Å². The van der Waals surface area contributed by atoms with Gasteiger partial charge in [-0.1, -0.05) is 6.07 Å². The minimum absolute atomic E-state index is 0.0657. The van der Waals surface area contributed by atoms with E-state index in [2.05, 4.69) is 30.1 Å².